The maximum absolute atomic E-state index is 13.6. The maximum Gasteiger partial charge on any atom is 0.417 e. The number of para-hydroxylation sites is 1. The molecule has 0 aliphatic carbocycles. The van der Waals surface area contributed by atoms with Crippen LogP contribution in [0.5, 0.6) is 0 Å². The van der Waals surface area contributed by atoms with Gasteiger partial charge in [0.2, 0.25) is 0 Å². The van der Waals surface area contributed by atoms with Crippen molar-refractivity contribution in [2.45, 2.75) is 6.18 Å². The Kier molecular flexibility index (Phi) is 4.83. The van der Waals surface area contributed by atoms with Crippen molar-refractivity contribution in [3.8, 4) is 22.3 Å². The topological polar surface area (TPSA) is 86.3 Å². The molecule has 0 aliphatic heterocycles. The molecule has 3 aromatic carbocycles. The molecule has 0 unspecified atom stereocenters. The van der Waals surface area contributed by atoms with Gasteiger partial charge in [-0.2, -0.15) is 13.2 Å². The van der Waals surface area contributed by atoms with E-state index in [9.17, 15) is 33.4 Å². The number of nitrogens with zero attached hydrogens (tertiary/aromatic N) is 2. The highest BCUT2D eigenvalue weighted by Gasteiger charge is 2.39. The molecule has 142 valence electrons. The zero-order valence-electron chi connectivity index (χ0n) is 14.0. The lowest BCUT2D eigenvalue weighted by Crippen LogP contribution is -2.10. The van der Waals surface area contributed by atoms with Gasteiger partial charge in [0.25, 0.3) is 11.4 Å². The number of rotatable bonds is 4. The summed E-state index contributed by atoms with van der Waals surface area (Å²) in [7, 11) is 0. The number of halogens is 3. The number of hydrogen-bond acceptors (Lipinski definition) is 4. The van der Waals surface area contributed by atoms with Crippen molar-refractivity contribution < 1.29 is 23.0 Å². The Morgan fingerprint density at radius 3 is 1.89 bits per heavy atom. The van der Waals surface area contributed by atoms with Crippen LogP contribution in [0.4, 0.5) is 24.5 Å². The van der Waals surface area contributed by atoms with Gasteiger partial charge in [-0.25, -0.2) is 0 Å². The maximum atomic E-state index is 13.6. The molecule has 0 atom stereocenters. The highest BCUT2D eigenvalue weighted by atomic mass is 19.4. The Morgan fingerprint density at radius 1 is 0.714 bits per heavy atom. The fraction of sp³-hybridized carbons (Fsp3) is 0.0526. The Morgan fingerprint density at radius 2 is 1.32 bits per heavy atom. The Bertz CT molecular complexity index is 1070. The molecule has 0 heterocycles. The summed E-state index contributed by atoms with van der Waals surface area (Å²) in [6.45, 7) is 0. The molecular weight excluding hydrogens is 377 g/mol. The summed E-state index contributed by atoms with van der Waals surface area (Å²) in [5, 5.41) is 23.1. The van der Waals surface area contributed by atoms with Crippen LogP contribution in [-0.4, -0.2) is 9.85 Å². The van der Waals surface area contributed by atoms with Crippen molar-refractivity contribution in [3.63, 3.8) is 0 Å². The van der Waals surface area contributed by atoms with Gasteiger partial charge in [0.15, 0.2) is 0 Å². The summed E-state index contributed by atoms with van der Waals surface area (Å²) in [6, 6.07) is 13.9. The van der Waals surface area contributed by atoms with E-state index in [2.05, 4.69) is 0 Å². The van der Waals surface area contributed by atoms with Crippen LogP contribution in [0.1, 0.15) is 5.56 Å². The fourth-order valence-electron chi connectivity index (χ4n) is 2.99. The predicted octanol–water partition coefficient (Wildman–Crippen LogP) is 5.86. The molecule has 0 N–H and O–H groups in total. The molecular formula is C19H11F3N2O4. The monoisotopic (exact) mass is 388 g/mol. The fourth-order valence-corrected chi connectivity index (χ4v) is 2.99. The van der Waals surface area contributed by atoms with E-state index in [1.54, 1.807) is 6.07 Å². The average molecular weight is 388 g/mol. The summed E-state index contributed by atoms with van der Waals surface area (Å²) >= 11 is 0. The highest BCUT2D eigenvalue weighted by molar-refractivity contribution is 5.90. The summed E-state index contributed by atoms with van der Waals surface area (Å²) < 4.78 is 40.8. The van der Waals surface area contributed by atoms with Gasteiger partial charge in [0, 0.05) is 6.07 Å². The summed E-state index contributed by atoms with van der Waals surface area (Å²) in [4.78, 5) is 21.5. The quantitative estimate of drug-likeness (QED) is 0.414. The number of benzene rings is 3. The molecule has 28 heavy (non-hydrogen) atoms. The van der Waals surface area contributed by atoms with Crippen LogP contribution >= 0.6 is 0 Å². The van der Waals surface area contributed by atoms with Crippen LogP contribution < -0.4 is 0 Å². The summed E-state index contributed by atoms with van der Waals surface area (Å²) in [6.07, 6.45) is -4.85. The molecule has 9 heteroatoms. The molecule has 3 aromatic rings. The summed E-state index contributed by atoms with van der Waals surface area (Å²) in [5.41, 5.74) is -3.50. The molecule has 0 saturated heterocycles. The van der Waals surface area contributed by atoms with Gasteiger partial charge in [0.1, 0.15) is 0 Å². The Balaban J connectivity index is 2.46. The van der Waals surface area contributed by atoms with Crippen molar-refractivity contribution in [3.05, 3.63) is 92.5 Å². The second-order valence-electron chi connectivity index (χ2n) is 5.78. The number of hydrogen-bond donors (Lipinski definition) is 0. The third-order valence-corrected chi connectivity index (χ3v) is 4.12. The molecule has 0 aliphatic rings. The van der Waals surface area contributed by atoms with Gasteiger partial charge in [-0.1, -0.05) is 42.5 Å². The molecule has 0 spiro atoms. The van der Waals surface area contributed by atoms with Gasteiger partial charge < -0.3 is 0 Å². The van der Waals surface area contributed by atoms with E-state index < -0.39 is 38.5 Å². The van der Waals surface area contributed by atoms with Crippen molar-refractivity contribution in [1.29, 1.82) is 0 Å². The minimum absolute atomic E-state index is 0.0121. The third kappa shape index (κ3) is 3.41. The van der Waals surface area contributed by atoms with Gasteiger partial charge in [0.05, 0.1) is 32.1 Å². The summed E-state index contributed by atoms with van der Waals surface area (Å²) in [5.74, 6) is 0. The molecule has 0 fully saturated rings. The molecule has 6 nitrogen and oxygen atoms in total. The zero-order valence-corrected chi connectivity index (χ0v) is 14.0. The average Bonchev–Trinajstić information content (AvgIpc) is 2.66. The van der Waals surface area contributed by atoms with Gasteiger partial charge in [-0.3, -0.25) is 20.2 Å². The first-order valence-corrected chi connectivity index (χ1v) is 7.89. The minimum atomic E-state index is -4.85. The van der Waals surface area contributed by atoms with E-state index in [0.717, 1.165) is 12.1 Å². The first-order chi connectivity index (χ1) is 13.2. The second-order valence-corrected chi connectivity index (χ2v) is 5.78. The zero-order chi connectivity index (χ0) is 20.5. The second kappa shape index (κ2) is 7.10. The van der Waals surface area contributed by atoms with E-state index >= 15 is 0 Å². The van der Waals surface area contributed by atoms with Crippen LogP contribution in [0.25, 0.3) is 22.3 Å². The number of alkyl halides is 3. The van der Waals surface area contributed by atoms with E-state index in [0.29, 0.717) is 6.07 Å². The Hall–Kier alpha value is -3.75. The van der Waals surface area contributed by atoms with Crippen molar-refractivity contribution in [2.24, 2.45) is 0 Å². The van der Waals surface area contributed by atoms with Crippen LogP contribution in [0.3, 0.4) is 0 Å². The molecule has 3 rings (SSSR count). The highest BCUT2D eigenvalue weighted by Crippen LogP contribution is 2.47. The largest absolute Gasteiger partial charge is 0.417 e. The smallest absolute Gasteiger partial charge is 0.258 e. The van der Waals surface area contributed by atoms with Gasteiger partial charge in [-0.05, 0) is 23.8 Å². The SMILES string of the molecule is O=[N+]([O-])c1ccccc1-c1ccc(C(F)(F)F)c(-c2ccccc2)c1[N+](=O)[O-]. The van der Waals surface area contributed by atoms with Crippen LogP contribution in [0, 0.1) is 20.2 Å². The van der Waals surface area contributed by atoms with Crippen molar-refractivity contribution in [1.82, 2.24) is 0 Å². The number of nitro benzene ring substituents is 2. The Labute approximate surface area is 156 Å². The van der Waals surface area contributed by atoms with E-state index in [4.69, 9.17) is 0 Å². The molecule has 0 aromatic heterocycles. The third-order valence-electron chi connectivity index (χ3n) is 4.12. The first-order valence-electron chi connectivity index (χ1n) is 7.89. The van der Waals surface area contributed by atoms with Crippen LogP contribution in [0.2, 0.25) is 0 Å². The molecule has 0 radical (unpaired) electrons. The van der Waals surface area contributed by atoms with E-state index in [1.165, 1.54) is 42.5 Å². The lowest BCUT2D eigenvalue weighted by molar-refractivity contribution is -0.386. The predicted molar refractivity (Wildman–Crippen MR) is 95.6 cm³/mol. The van der Waals surface area contributed by atoms with Crippen LogP contribution in [-0.2, 0) is 6.18 Å². The minimum Gasteiger partial charge on any atom is -0.258 e. The molecule has 0 bridgehead atoms. The number of nitro groups is 2. The van der Waals surface area contributed by atoms with Gasteiger partial charge >= 0.3 is 6.18 Å². The van der Waals surface area contributed by atoms with Crippen molar-refractivity contribution in [2.75, 3.05) is 0 Å². The lowest BCUT2D eigenvalue weighted by atomic mass is 9.91. The first kappa shape index (κ1) is 19.0. The van der Waals surface area contributed by atoms with Crippen LogP contribution in [0.15, 0.2) is 66.7 Å². The molecule has 0 amide bonds. The lowest BCUT2D eigenvalue weighted by Gasteiger charge is -2.16. The molecule has 0 saturated carbocycles. The van der Waals surface area contributed by atoms with E-state index in [1.807, 2.05) is 0 Å². The van der Waals surface area contributed by atoms with Gasteiger partial charge in [-0.15, -0.1) is 0 Å². The van der Waals surface area contributed by atoms with Crippen molar-refractivity contribution >= 4 is 11.4 Å². The van der Waals surface area contributed by atoms with E-state index in [-0.39, 0.29) is 16.7 Å². The normalized spacial score (nSPS) is 11.2. The standard InChI is InChI=1S/C19H11F3N2O4/c20-19(21,22)15-11-10-14(13-8-4-5-9-16(13)23(25)26)18(24(27)28)17(15)12-6-2-1-3-7-12/h1-11H.